The molecule has 1 heterocycles. The summed E-state index contributed by atoms with van der Waals surface area (Å²) in [5, 5.41) is 4.18. The van der Waals surface area contributed by atoms with Gasteiger partial charge in [0.15, 0.2) is 5.78 Å². The first kappa shape index (κ1) is 15.9. The Labute approximate surface area is 127 Å². The topological polar surface area (TPSA) is 44.1 Å². The summed E-state index contributed by atoms with van der Waals surface area (Å²) in [6, 6.07) is 6.30. The standard InChI is InChI=1S/C16H16F2N2O2/c1-10-15(11(2)20(3)19-10)13(21)9-8-12-6-4-5-7-14(12)22-16(17)18/h4-9,16H,1-3H3/b9-8+. The minimum atomic E-state index is -2.91. The number of benzene rings is 1. The zero-order valence-electron chi connectivity index (χ0n) is 12.5. The molecule has 0 bridgehead atoms. The Morgan fingerprint density at radius 1 is 1.32 bits per heavy atom. The second-order valence-electron chi connectivity index (χ2n) is 4.78. The molecule has 0 spiro atoms. The van der Waals surface area contributed by atoms with E-state index < -0.39 is 6.61 Å². The first-order chi connectivity index (χ1) is 10.4. The van der Waals surface area contributed by atoms with E-state index in [1.807, 2.05) is 0 Å². The van der Waals surface area contributed by atoms with E-state index in [0.29, 0.717) is 16.8 Å². The van der Waals surface area contributed by atoms with Crippen molar-refractivity contribution in [3.63, 3.8) is 0 Å². The summed E-state index contributed by atoms with van der Waals surface area (Å²) in [4.78, 5) is 12.3. The maximum absolute atomic E-state index is 12.3. The van der Waals surface area contributed by atoms with Crippen LogP contribution in [-0.4, -0.2) is 22.2 Å². The lowest BCUT2D eigenvalue weighted by Gasteiger charge is -2.07. The number of ketones is 1. The van der Waals surface area contributed by atoms with Crippen LogP contribution in [0.3, 0.4) is 0 Å². The van der Waals surface area contributed by atoms with Crippen molar-refractivity contribution in [2.45, 2.75) is 20.5 Å². The molecule has 116 valence electrons. The average Bonchev–Trinajstić information content (AvgIpc) is 2.70. The van der Waals surface area contributed by atoms with Gasteiger partial charge in [0.1, 0.15) is 5.75 Å². The van der Waals surface area contributed by atoms with E-state index in [-0.39, 0.29) is 11.5 Å². The fraction of sp³-hybridized carbons (Fsp3) is 0.250. The highest BCUT2D eigenvalue weighted by Crippen LogP contribution is 2.22. The van der Waals surface area contributed by atoms with E-state index >= 15 is 0 Å². The minimum absolute atomic E-state index is 0.0289. The van der Waals surface area contributed by atoms with Crippen molar-refractivity contribution in [3.05, 3.63) is 52.9 Å². The second kappa shape index (κ2) is 6.51. The van der Waals surface area contributed by atoms with Crippen molar-refractivity contribution in [3.8, 4) is 5.75 Å². The number of carbonyl (C=O) groups excluding carboxylic acids is 1. The molecule has 1 aromatic carbocycles. The SMILES string of the molecule is Cc1nn(C)c(C)c1C(=O)/C=C/c1ccccc1OC(F)F. The summed E-state index contributed by atoms with van der Waals surface area (Å²) in [6.45, 7) is 0.643. The van der Waals surface area contributed by atoms with Crippen molar-refractivity contribution in [2.75, 3.05) is 0 Å². The Balaban J connectivity index is 2.27. The van der Waals surface area contributed by atoms with Crippen LogP contribution in [0.1, 0.15) is 27.3 Å². The maximum Gasteiger partial charge on any atom is 0.387 e. The molecule has 2 aromatic rings. The number of rotatable bonds is 5. The Hall–Kier alpha value is -2.50. The first-order valence-electron chi connectivity index (χ1n) is 6.66. The molecule has 0 aliphatic carbocycles. The van der Waals surface area contributed by atoms with Gasteiger partial charge in [-0.2, -0.15) is 13.9 Å². The van der Waals surface area contributed by atoms with E-state index in [1.165, 1.54) is 18.2 Å². The predicted molar refractivity (Wildman–Crippen MR) is 79.1 cm³/mol. The van der Waals surface area contributed by atoms with Crippen molar-refractivity contribution < 1.29 is 18.3 Å². The highest BCUT2D eigenvalue weighted by atomic mass is 19.3. The van der Waals surface area contributed by atoms with Crippen molar-refractivity contribution >= 4 is 11.9 Å². The average molecular weight is 306 g/mol. The fourth-order valence-electron chi connectivity index (χ4n) is 2.20. The largest absolute Gasteiger partial charge is 0.434 e. The lowest BCUT2D eigenvalue weighted by Crippen LogP contribution is -2.03. The van der Waals surface area contributed by atoms with Gasteiger partial charge in [0.2, 0.25) is 0 Å². The van der Waals surface area contributed by atoms with Gasteiger partial charge in [-0.3, -0.25) is 9.48 Å². The van der Waals surface area contributed by atoms with E-state index in [1.54, 1.807) is 43.8 Å². The number of carbonyl (C=O) groups is 1. The number of nitrogens with zero attached hydrogens (tertiary/aromatic N) is 2. The highest BCUT2D eigenvalue weighted by Gasteiger charge is 2.15. The third-order valence-corrected chi connectivity index (χ3v) is 3.30. The van der Waals surface area contributed by atoms with Crippen LogP contribution < -0.4 is 4.74 Å². The number of allylic oxidation sites excluding steroid dienone is 1. The number of hydrogen-bond acceptors (Lipinski definition) is 3. The molecule has 0 aliphatic heterocycles. The van der Waals surface area contributed by atoms with E-state index in [0.717, 1.165) is 5.69 Å². The molecule has 0 amide bonds. The van der Waals surface area contributed by atoms with Gasteiger partial charge in [-0.1, -0.05) is 18.2 Å². The summed E-state index contributed by atoms with van der Waals surface area (Å²) in [5.41, 5.74) is 2.32. The number of halogens is 2. The first-order valence-corrected chi connectivity index (χ1v) is 6.66. The molecular formula is C16H16F2N2O2. The van der Waals surface area contributed by atoms with Gasteiger partial charge in [0.05, 0.1) is 11.3 Å². The molecule has 0 saturated heterocycles. The molecule has 0 N–H and O–H groups in total. The van der Waals surface area contributed by atoms with Gasteiger partial charge in [-0.05, 0) is 32.1 Å². The molecule has 1 aromatic heterocycles. The molecule has 0 aliphatic rings. The van der Waals surface area contributed by atoms with Crippen LogP contribution in [0.25, 0.3) is 6.08 Å². The Kier molecular flexibility index (Phi) is 4.70. The predicted octanol–water partition coefficient (Wildman–Crippen LogP) is 3.53. The van der Waals surface area contributed by atoms with E-state index in [4.69, 9.17) is 0 Å². The second-order valence-corrected chi connectivity index (χ2v) is 4.78. The maximum atomic E-state index is 12.3. The van der Waals surface area contributed by atoms with Crippen LogP contribution in [-0.2, 0) is 7.05 Å². The summed E-state index contributed by atoms with van der Waals surface area (Å²) >= 11 is 0. The van der Waals surface area contributed by atoms with Crippen LogP contribution in [0.5, 0.6) is 5.75 Å². The Morgan fingerprint density at radius 2 is 2.00 bits per heavy atom. The van der Waals surface area contributed by atoms with Crippen molar-refractivity contribution in [1.82, 2.24) is 9.78 Å². The number of alkyl halides is 2. The quantitative estimate of drug-likeness (QED) is 0.627. The van der Waals surface area contributed by atoms with Crippen molar-refractivity contribution in [2.24, 2.45) is 7.05 Å². The van der Waals surface area contributed by atoms with E-state index in [9.17, 15) is 13.6 Å². The van der Waals surface area contributed by atoms with Gasteiger partial charge in [0.25, 0.3) is 0 Å². The zero-order chi connectivity index (χ0) is 16.3. The highest BCUT2D eigenvalue weighted by molar-refractivity contribution is 6.08. The van der Waals surface area contributed by atoms with Crippen molar-refractivity contribution in [1.29, 1.82) is 0 Å². The Morgan fingerprint density at radius 3 is 2.59 bits per heavy atom. The molecule has 22 heavy (non-hydrogen) atoms. The van der Waals surface area contributed by atoms with Gasteiger partial charge in [-0.15, -0.1) is 0 Å². The zero-order valence-corrected chi connectivity index (χ0v) is 12.5. The molecule has 0 saturated carbocycles. The van der Waals surface area contributed by atoms with Crippen LogP contribution >= 0.6 is 0 Å². The summed E-state index contributed by atoms with van der Waals surface area (Å²) in [6.07, 6.45) is 2.80. The van der Waals surface area contributed by atoms with E-state index in [2.05, 4.69) is 9.84 Å². The van der Waals surface area contributed by atoms with Crippen LogP contribution in [0.15, 0.2) is 30.3 Å². The van der Waals surface area contributed by atoms with Crippen LogP contribution in [0, 0.1) is 13.8 Å². The molecule has 0 unspecified atom stereocenters. The Bertz CT molecular complexity index is 721. The molecule has 6 heteroatoms. The molecule has 4 nitrogen and oxygen atoms in total. The molecular weight excluding hydrogens is 290 g/mol. The normalized spacial score (nSPS) is 11.4. The van der Waals surface area contributed by atoms with Gasteiger partial charge < -0.3 is 4.74 Å². The monoisotopic (exact) mass is 306 g/mol. The summed E-state index contributed by atoms with van der Waals surface area (Å²) < 4.78 is 30.7. The molecule has 0 fully saturated rings. The third kappa shape index (κ3) is 3.39. The van der Waals surface area contributed by atoms with Crippen LogP contribution in [0.2, 0.25) is 0 Å². The minimum Gasteiger partial charge on any atom is -0.434 e. The number of para-hydroxylation sites is 1. The summed E-state index contributed by atoms with van der Waals surface area (Å²) in [7, 11) is 1.76. The lowest BCUT2D eigenvalue weighted by molar-refractivity contribution is -0.0499. The fourth-order valence-corrected chi connectivity index (χ4v) is 2.20. The lowest BCUT2D eigenvalue weighted by atomic mass is 10.1. The molecule has 2 rings (SSSR count). The van der Waals surface area contributed by atoms with Gasteiger partial charge in [-0.25, -0.2) is 0 Å². The third-order valence-electron chi connectivity index (χ3n) is 3.30. The number of aryl methyl sites for hydroxylation is 2. The molecule has 0 radical (unpaired) electrons. The number of hydrogen-bond donors (Lipinski definition) is 0. The van der Waals surface area contributed by atoms with Gasteiger partial charge in [0, 0.05) is 18.3 Å². The molecule has 0 atom stereocenters. The van der Waals surface area contributed by atoms with Crippen LogP contribution in [0.4, 0.5) is 8.78 Å². The summed E-state index contributed by atoms with van der Waals surface area (Å²) in [5.74, 6) is -0.198. The smallest absolute Gasteiger partial charge is 0.387 e. The number of ether oxygens (including phenoxy) is 1. The van der Waals surface area contributed by atoms with Gasteiger partial charge >= 0.3 is 6.61 Å². The number of aromatic nitrogens is 2.